The van der Waals surface area contributed by atoms with Crippen molar-refractivity contribution in [2.75, 3.05) is 25.0 Å². The zero-order valence-corrected chi connectivity index (χ0v) is 14.2. The van der Waals surface area contributed by atoms with Crippen LogP contribution in [-0.4, -0.2) is 42.5 Å². The van der Waals surface area contributed by atoms with Crippen molar-refractivity contribution >= 4 is 17.6 Å². The summed E-state index contributed by atoms with van der Waals surface area (Å²) in [6.45, 7) is 7.63. The van der Waals surface area contributed by atoms with E-state index in [0.29, 0.717) is 6.61 Å². The zero-order chi connectivity index (χ0) is 16.8. The molecular formula is C18H26N2O3. The Bertz CT molecular complexity index is 551. The summed E-state index contributed by atoms with van der Waals surface area (Å²) in [7, 11) is 0. The van der Waals surface area contributed by atoms with Crippen molar-refractivity contribution in [1.29, 1.82) is 0 Å². The maximum absolute atomic E-state index is 12.4. The third kappa shape index (κ3) is 4.55. The van der Waals surface area contributed by atoms with Crippen molar-refractivity contribution in [3.8, 4) is 0 Å². The van der Waals surface area contributed by atoms with Gasteiger partial charge in [0.25, 0.3) is 0 Å². The van der Waals surface area contributed by atoms with Gasteiger partial charge in [0.1, 0.15) is 0 Å². The average Bonchev–Trinajstić information content (AvgIpc) is 2.56. The molecule has 1 amide bonds. The quantitative estimate of drug-likeness (QED) is 0.848. The van der Waals surface area contributed by atoms with E-state index in [4.69, 9.17) is 4.74 Å². The summed E-state index contributed by atoms with van der Waals surface area (Å²) in [5, 5.41) is 2.99. The number of hydrogen-bond donors (Lipinski definition) is 1. The molecule has 0 spiro atoms. The van der Waals surface area contributed by atoms with Crippen LogP contribution < -0.4 is 5.32 Å². The van der Waals surface area contributed by atoms with E-state index in [1.807, 2.05) is 45.0 Å². The van der Waals surface area contributed by atoms with Crippen molar-refractivity contribution < 1.29 is 14.3 Å². The molecule has 5 heteroatoms. The van der Waals surface area contributed by atoms with Gasteiger partial charge in [-0.05, 0) is 58.3 Å². The number of carbonyl (C=O) groups is 2. The normalized spacial score (nSPS) is 17.5. The predicted molar refractivity (Wildman–Crippen MR) is 90.2 cm³/mol. The third-order valence-electron chi connectivity index (χ3n) is 4.48. The molecule has 1 fully saturated rings. The molecule has 23 heavy (non-hydrogen) atoms. The molecular weight excluding hydrogens is 292 g/mol. The summed E-state index contributed by atoms with van der Waals surface area (Å²) < 4.78 is 5.08. The first kappa shape index (κ1) is 17.5. The SMILES string of the molecule is CCOC(=O)C1CCN([C@@H](C)C(=O)Nc2ccccc2C)CC1. The number of para-hydroxylation sites is 1. The Labute approximate surface area is 138 Å². The lowest BCUT2D eigenvalue weighted by Gasteiger charge is -2.34. The van der Waals surface area contributed by atoms with Crippen LogP contribution in [0, 0.1) is 12.8 Å². The van der Waals surface area contributed by atoms with Gasteiger partial charge in [0.2, 0.25) is 5.91 Å². The summed E-state index contributed by atoms with van der Waals surface area (Å²) in [5.41, 5.74) is 1.90. The third-order valence-corrected chi connectivity index (χ3v) is 4.48. The topological polar surface area (TPSA) is 58.6 Å². The fourth-order valence-electron chi connectivity index (χ4n) is 2.90. The van der Waals surface area contributed by atoms with Crippen molar-refractivity contribution in [2.45, 2.75) is 39.7 Å². The number of esters is 1. The lowest BCUT2D eigenvalue weighted by molar-refractivity contribution is -0.149. The van der Waals surface area contributed by atoms with Crippen LogP contribution in [0.25, 0.3) is 0 Å². The molecule has 0 aromatic heterocycles. The van der Waals surface area contributed by atoms with Crippen LogP contribution in [0.4, 0.5) is 5.69 Å². The van der Waals surface area contributed by atoms with Crippen LogP contribution in [0.5, 0.6) is 0 Å². The van der Waals surface area contributed by atoms with E-state index in [2.05, 4.69) is 10.2 Å². The summed E-state index contributed by atoms with van der Waals surface area (Å²) in [5.74, 6) is -0.143. The van der Waals surface area contributed by atoms with E-state index in [-0.39, 0.29) is 23.8 Å². The number of aryl methyl sites for hydroxylation is 1. The van der Waals surface area contributed by atoms with E-state index < -0.39 is 0 Å². The van der Waals surface area contributed by atoms with Crippen LogP contribution in [0.1, 0.15) is 32.3 Å². The molecule has 1 heterocycles. The number of carbonyl (C=O) groups excluding carboxylic acids is 2. The number of anilines is 1. The zero-order valence-electron chi connectivity index (χ0n) is 14.2. The van der Waals surface area contributed by atoms with E-state index in [1.165, 1.54) is 0 Å². The van der Waals surface area contributed by atoms with Gasteiger partial charge < -0.3 is 10.1 Å². The minimum atomic E-state index is -0.210. The fraction of sp³-hybridized carbons (Fsp3) is 0.556. The highest BCUT2D eigenvalue weighted by atomic mass is 16.5. The second-order valence-electron chi connectivity index (χ2n) is 6.04. The highest BCUT2D eigenvalue weighted by Gasteiger charge is 2.30. The van der Waals surface area contributed by atoms with Crippen LogP contribution in [0.3, 0.4) is 0 Å². The van der Waals surface area contributed by atoms with E-state index in [1.54, 1.807) is 0 Å². The smallest absolute Gasteiger partial charge is 0.309 e. The minimum Gasteiger partial charge on any atom is -0.466 e. The summed E-state index contributed by atoms with van der Waals surface area (Å²) in [4.78, 5) is 26.3. The van der Waals surface area contributed by atoms with Crippen LogP contribution in [-0.2, 0) is 14.3 Å². The van der Waals surface area contributed by atoms with Gasteiger partial charge in [0.05, 0.1) is 18.6 Å². The molecule has 2 rings (SSSR count). The monoisotopic (exact) mass is 318 g/mol. The maximum atomic E-state index is 12.4. The summed E-state index contributed by atoms with van der Waals surface area (Å²) in [6.07, 6.45) is 1.50. The Morgan fingerprint density at radius 3 is 2.57 bits per heavy atom. The molecule has 1 aliphatic heterocycles. The van der Waals surface area contributed by atoms with Gasteiger partial charge in [-0.3, -0.25) is 14.5 Å². The van der Waals surface area contributed by atoms with Crippen molar-refractivity contribution in [2.24, 2.45) is 5.92 Å². The van der Waals surface area contributed by atoms with Crippen LogP contribution in [0.15, 0.2) is 24.3 Å². The predicted octanol–water partition coefficient (Wildman–Crippen LogP) is 2.60. The number of nitrogens with one attached hydrogen (secondary N) is 1. The number of piperidine rings is 1. The first-order valence-electron chi connectivity index (χ1n) is 8.30. The van der Waals surface area contributed by atoms with Gasteiger partial charge >= 0.3 is 5.97 Å². The molecule has 0 aliphatic carbocycles. The molecule has 0 saturated carbocycles. The van der Waals surface area contributed by atoms with E-state index >= 15 is 0 Å². The number of likely N-dealkylation sites (tertiary alicyclic amines) is 1. The standard InChI is InChI=1S/C18H26N2O3/c1-4-23-18(22)15-9-11-20(12-10-15)14(3)17(21)19-16-8-6-5-7-13(16)2/h5-8,14-15H,4,9-12H2,1-3H3,(H,19,21)/t14-/m0/s1. The van der Waals surface area contributed by atoms with Crippen LogP contribution >= 0.6 is 0 Å². The largest absolute Gasteiger partial charge is 0.466 e. The Kier molecular flexibility index (Phi) is 6.16. The Morgan fingerprint density at radius 1 is 1.30 bits per heavy atom. The molecule has 126 valence electrons. The number of amides is 1. The van der Waals surface area contributed by atoms with Crippen LogP contribution in [0.2, 0.25) is 0 Å². The number of nitrogens with zero attached hydrogens (tertiary/aromatic N) is 1. The second-order valence-corrected chi connectivity index (χ2v) is 6.04. The number of hydrogen-bond acceptors (Lipinski definition) is 4. The molecule has 1 atom stereocenters. The Morgan fingerprint density at radius 2 is 1.96 bits per heavy atom. The van der Waals surface area contributed by atoms with Crippen molar-refractivity contribution in [3.05, 3.63) is 29.8 Å². The Hall–Kier alpha value is -1.88. The first-order valence-corrected chi connectivity index (χ1v) is 8.30. The fourth-order valence-corrected chi connectivity index (χ4v) is 2.90. The lowest BCUT2D eigenvalue weighted by Crippen LogP contribution is -2.47. The molecule has 1 aromatic carbocycles. The molecule has 0 radical (unpaired) electrons. The number of benzene rings is 1. The van der Waals surface area contributed by atoms with Gasteiger partial charge in [0.15, 0.2) is 0 Å². The van der Waals surface area contributed by atoms with Gasteiger partial charge in [-0.1, -0.05) is 18.2 Å². The molecule has 1 aliphatic rings. The minimum absolute atomic E-state index is 0.00566. The molecule has 0 unspecified atom stereocenters. The van der Waals surface area contributed by atoms with Gasteiger partial charge in [-0.15, -0.1) is 0 Å². The summed E-state index contributed by atoms with van der Waals surface area (Å²) >= 11 is 0. The van der Waals surface area contributed by atoms with Gasteiger partial charge in [0, 0.05) is 5.69 Å². The molecule has 0 bridgehead atoms. The molecule has 5 nitrogen and oxygen atoms in total. The summed E-state index contributed by atoms with van der Waals surface area (Å²) in [6, 6.07) is 7.54. The molecule has 1 saturated heterocycles. The highest BCUT2D eigenvalue weighted by Crippen LogP contribution is 2.21. The van der Waals surface area contributed by atoms with E-state index in [0.717, 1.165) is 37.2 Å². The van der Waals surface area contributed by atoms with Gasteiger partial charge in [-0.25, -0.2) is 0 Å². The lowest BCUT2D eigenvalue weighted by atomic mass is 9.96. The van der Waals surface area contributed by atoms with Crippen molar-refractivity contribution in [1.82, 2.24) is 4.90 Å². The van der Waals surface area contributed by atoms with E-state index in [9.17, 15) is 9.59 Å². The number of ether oxygens (including phenoxy) is 1. The van der Waals surface area contributed by atoms with Gasteiger partial charge in [-0.2, -0.15) is 0 Å². The maximum Gasteiger partial charge on any atom is 0.309 e. The highest BCUT2D eigenvalue weighted by molar-refractivity contribution is 5.95. The van der Waals surface area contributed by atoms with Crippen molar-refractivity contribution in [3.63, 3.8) is 0 Å². The molecule has 1 N–H and O–H groups in total. The first-order chi connectivity index (χ1) is 11.0. The average molecular weight is 318 g/mol. The Balaban J connectivity index is 1.87. The molecule has 1 aromatic rings. The number of rotatable bonds is 5. The second kappa shape index (κ2) is 8.11.